The Bertz CT molecular complexity index is 276. The van der Waals surface area contributed by atoms with Crippen LogP contribution >= 0.6 is 0 Å². The molecule has 2 N–H and O–H groups in total. The van der Waals surface area contributed by atoms with E-state index in [0.717, 1.165) is 44.7 Å². The minimum absolute atomic E-state index is 0.277. The monoisotopic (exact) mass is 266 g/mol. The average molecular weight is 266 g/mol. The first-order valence-electron chi connectivity index (χ1n) is 8.20. The van der Waals surface area contributed by atoms with Crippen LogP contribution in [0, 0.1) is 11.8 Å². The van der Waals surface area contributed by atoms with Gasteiger partial charge in [-0.1, -0.05) is 25.7 Å². The second-order valence-electron chi connectivity index (χ2n) is 6.62. The molecule has 0 bridgehead atoms. The summed E-state index contributed by atoms with van der Waals surface area (Å²) in [6.07, 6.45) is 10.9. The van der Waals surface area contributed by atoms with E-state index in [1.807, 2.05) is 0 Å². The lowest BCUT2D eigenvalue weighted by molar-refractivity contribution is -0.132. The molecule has 1 unspecified atom stereocenters. The van der Waals surface area contributed by atoms with E-state index < -0.39 is 0 Å². The standard InChI is InChI=1S/C16H30N2O/c1-13(17)15-9-11-18(12-10-15)16(19)8-4-7-14-5-2-3-6-14/h13-15H,2-12,17H2,1H3. The van der Waals surface area contributed by atoms with Gasteiger partial charge in [0.25, 0.3) is 0 Å². The summed E-state index contributed by atoms with van der Waals surface area (Å²) in [5.41, 5.74) is 5.94. The van der Waals surface area contributed by atoms with Crippen LogP contribution in [0.3, 0.4) is 0 Å². The molecule has 1 amide bonds. The highest BCUT2D eigenvalue weighted by Crippen LogP contribution is 2.29. The highest BCUT2D eigenvalue weighted by molar-refractivity contribution is 5.76. The number of rotatable bonds is 5. The van der Waals surface area contributed by atoms with E-state index in [1.54, 1.807) is 0 Å². The number of nitrogens with two attached hydrogens (primary N) is 1. The van der Waals surface area contributed by atoms with Gasteiger partial charge in [0, 0.05) is 25.6 Å². The lowest BCUT2D eigenvalue weighted by Crippen LogP contribution is -2.42. The fraction of sp³-hybridized carbons (Fsp3) is 0.938. The topological polar surface area (TPSA) is 46.3 Å². The Balaban J connectivity index is 1.61. The van der Waals surface area contributed by atoms with Crippen LogP contribution in [-0.2, 0) is 4.79 Å². The Hall–Kier alpha value is -0.570. The van der Waals surface area contributed by atoms with E-state index in [1.165, 1.54) is 32.1 Å². The molecule has 2 fully saturated rings. The first-order valence-corrected chi connectivity index (χ1v) is 8.20. The highest BCUT2D eigenvalue weighted by atomic mass is 16.2. The molecule has 0 aromatic carbocycles. The number of piperidine rings is 1. The Morgan fingerprint density at radius 1 is 1.21 bits per heavy atom. The quantitative estimate of drug-likeness (QED) is 0.831. The SMILES string of the molecule is CC(N)C1CCN(C(=O)CCCC2CCCC2)CC1. The third-order valence-corrected chi connectivity index (χ3v) is 5.11. The van der Waals surface area contributed by atoms with Crippen molar-refractivity contribution in [1.29, 1.82) is 0 Å². The molecule has 19 heavy (non-hydrogen) atoms. The van der Waals surface area contributed by atoms with Crippen molar-refractivity contribution in [2.75, 3.05) is 13.1 Å². The van der Waals surface area contributed by atoms with Gasteiger partial charge >= 0.3 is 0 Å². The average Bonchev–Trinajstić information content (AvgIpc) is 2.92. The lowest BCUT2D eigenvalue weighted by Gasteiger charge is -2.33. The molecule has 1 aliphatic carbocycles. The number of hydrogen-bond acceptors (Lipinski definition) is 2. The van der Waals surface area contributed by atoms with Gasteiger partial charge in [-0.15, -0.1) is 0 Å². The maximum atomic E-state index is 12.1. The van der Waals surface area contributed by atoms with Gasteiger partial charge in [0.15, 0.2) is 0 Å². The van der Waals surface area contributed by atoms with Crippen molar-refractivity contribution in [2.45, 2.75) is 70.8 Å². The van der Waals surface area contributed by atoms with Crippen molar-refractivity contribution in [1.82, 2.24) is 4.90 Å². The minimum Gasteiger partial charge on any atom is -0.343 e. The van der Waals surface area contributed by atoms with Crippen molar-refractivity contribution in [2.24, 2.45) is 17.6 Å². The third kappa shape index (κ3) is 4.48. The van der Waals surface area contributed by atoms with Gasteiger partial charge in [-0.05, 0) is 44.4 Å². The van der Waals surface area contributed by atoms with Gasteiger partial charge in [-0.3, -0.25) is 4.79 Å². The van der Waals surface area contributed by atoms with E-state index >= 15 is 0 Å². The van der Waals surface area contributed by atoms with Crippen molar-refractivity contribution in [3.8, 4) is 0 Å². The van der Waals surface area contributed by atoms with E-state index in [2.05, 4.69) is 11.8 Å². The molecule has 0 spiro atoms. The number of hydrogen-bond donors (Lipinski definition) is 1. The second kappa shape index (κ2) is 7.28. The first kappa shape index (κ1) is 14.8. The smallest absolute Gasteiger partial charge is 0.222 e. The predicted octanol–water partition coefficient (Wildman–Crippen LogP) is 2.93. The molecule has 1 heterocycles. The number of likely N-dealkylation sites (tertiary alicyclic amines) is 1. The minimum atomic E-state index is 0.277. The number of nitrogens with zero attached hydrogens (tertiary/aromatic N) is 1. The molecule has 2 aliphatic rings. The second-order valence-corrected chi connectivity index (χ2v) is 6.62. The van der Waals surface area contributed by atoms with Gasteiger partial charge < -0.3 is 10.6 Å². The largest absolute Gasteiger partial charge is 0.343 e. The molecule has 110 valence electrons. The van der Waals surface area contributed by atoms with Crippen LogP contribution in [0.4, 0.5) is 0 Å². The van der Waals surface area contributed by atoms with E-state index in [4.69, 9.17) is 5.73 Å². The van der Waals surface area contributed by atoms with Crippen LogP contribution in [0.1, 0.15) is 64.7 Å². The van der Waals surface area contributed by atoms with E-state index in [9.17, 15) is 4.79 Å². The lowest BCUT2D eigenvalue weighted by atomic mass is 9.90. The van der Waals surface area contributed by atoms with Crippen molar-refractivity contribution >= 4 is 5.91 Å². The van der Waals surface area contributed by atoms with Gasteiger partial charge in [-0.2, -0.15) is 0 Å². The molecule has 1 saturated heterocycles. The van der Waals surface area contributed by atoms with Crippen molar-refractivity contribution in [3.05, 3.63) is 0 Å². The maximum Gasteiger partial charge on any atom is 0.222 e. The Morgan fingerprint density at radius 2 is 1.84 bits per heavy atom. The van der Waals surface area contributed by atoms with Crippen molar-refractivity contribution in [3.63, 3.8) is 0 Å². The van der Waals surface area contributed by atoms with Crippen LogP contribution < -0.4 is 5.73 Å². The van der Waals surface area contributed by atoms with Crippen LogP contribution in [0.5, 0.6) is 0 Å². The normalized spacial score (nSPS) is 23.8. The molecule has 1 aliphatic heterocycles. The summed E-state index contributed by atoms with van der Waals surface area (Å²) in [6.45, 7) is 3.94. The number of carbonyl (C=O) groups is 1. The Morgan fingerprint density at radius 3 is 2.42 bits per heavy atom. The summed E-state index contributed by atoms with van der Waals surface area (Å²) in [4.78, 5) is 14.2. The molecule has 2 rings (SSSR count). The molecule has 0 radical (unpaired) electrons. The Kier molecular flexibility index (Phi) is 5.68. The van der Waals surface area contributed by atoms with Gasteiger partial charge in [0.05, 0.1) is 0 Å². The highest BCUT2D eigenvalue weighted by Gasteiger charge is 2.24. The maximum absolute atomic E-state index is 12.1. The summed E-state index contributed by atoms with van der Waals surface area (Å²) in [5.74, 6) is 1.90. The first-order chi connectivity index (χ1) is 9.16. The molecule has 3 heteroatoms. The molecule has 0 aromatic rings. The summed E-state index contributed by atoms with van der Waals surface area (Å²) in [6, 6.07) is 0.277. The van der Waals surface area contributed by atoms with E-state index in [0.29, 0.717) is 11.8 Å². The number of carbonyl (C=O) groups excluding carboxylic acids is 1. The van der Waals surface area contributed by atoms with Crippen LogP contribution in [0.25, 0.3) is 0 Å². The zero-order chi connectivity index (χ0) is 13.7. The van der Waals surface area contributed by atoms with Gasteiger partial charge in [0.2, 0.25) is 5.91 Å². The van der Waals surface area contributed by atoms with Crippen LogP contribution in [-0.4, -0.2) is 29.9 Å². The fourth-order valence-corrected chi connectivity index (χ4v) is 3.67. The third-order valence-electron chi connectivity index (χ3n) is 5.11. The molecule has 0 aromatic heterocycles. The van der Waals surface area contributed by atoms with Gasteiger partial charge in [0.1, 0.15) is 0 Å². The van der Waals surface area contributed by atoms with E-state index in [-0.39, 0.29) is 6.04 Å². The number of amides is 1. The van der Waals surface area contributed by atoms with Crippen molar-refractivity contribution < 1.29 is 4.79 Å². The summed E-state index contributed by atoms with van der Waals surface area (Å²) in [7, 11) is 0. The summed E-state index contributed by atoms with van der Waals surface area (Å²) >= 11 is 0. The van der Waals surface area contributed by atoms with Crippen LogP contribution in [0.2, 0.25) is 0 Å². The molecular weight excluding hydrogens is 236 g/mol. The summed E-state index contributed by atoms with van der Waals surface area (Å²) in [5, 5.41) is 0. The molecule has 1 atom stereocenters. The summed E-state index contributed by atoms with van der Waals surface area (Å²) < 4.78 is 0. The zero-order valence-corrected chi connectivity index (χ0v) is 12.4. The fourth-order valence-electron chi connectivity index (χ4n) is 3.67. The predicted molar refractivity (Wildman–Crippen MR) is 78.8 cm³/mol. The van der Waals surface area contributed by atoms with Crippen LogP contribution in [0.15, 0.2) is 0 Å². The Labute approximate surface area is 117 Å². The van der Waals surface area contributed by atoms with Gasteiger partial charge in [-0.25, -0.2) is 0 Å². The molecule has 1 saturated carbocycles. The zero-order valence-electron chi connectivity index (χ0n) is 12.4. The molecule has 3 nitrogen and oxygen atoms in total. The molecular formula is C16H30N2O.